The number of aryl methyl sites for hydroxylation is 1. The van der Waals surface area contributed by atoms with E-state index in [2.05, 4.69) is 15.4 Å². The summed E-state index contributed by atoms with van der Waals surface area (Å²) in [5.41, 5.74) is 0.698. The van der Waals surface area contributed by atoms with Crippen molar-refractivity contribution in [1.29, 1.82) is 0 Å². The van der Waals surface area contributed by atoms with Gasteiger partial charge in [-0.05, 0) is 37.1 Å². The Labute approximate surface area is 168 Å². The zero-order valence-corrected chi connectivity index (χ0v) is 15.7. The summed E-state index contributed by atoms with van der Waals surface area (Å²) >= 11 is 0. The van der Waals surface area contributed by atoms with E-state index < -0.39 is 23.6 Å². The van der Waals surface area contributed by atoms with E-state index >= 15 is 0 Å². The van der Waals surface area contributed by atoms with Crippen molar-refractivity contribution in [1.82, 2.24) is 20.1 Å². The molecular formula is C20H16F4N4O2. The Morgan fingerprint density at radius 2 is 2.07 bits per heavy atom. The molecule has 0 bridgehead atoms. The second-order valence-corrected chi connectivity index (χ2v) is 6.82. The molecule has 1 N–H and O–H groups in total. The van der Waals surface area contributed by atoms with Crippen molar-refractivity contribution in [2.75, 3.05) is 7.11 Å². The van der Waals surface area contributed by atoms with Crippen molar-refractivity contribution < 1.29 is 27.1 Å². The fourth-order valence-electron chi connectivity index (χ4n) is 3.40. The number of nitrogens with zero attached hydrogens (tertiary/aromatic N) is 3. The monoisotopic (exact) mass is 420 g/mol. The van der Waals surface area contributed by atoms with E-state index in [9.17, 15) is 22.4 Å². The maximum Gasteiger partial charge on any atom is 0.433 e. The van der Waals surface area contributed by atoms with Gasteiger partial charge in [-0.1, -0.05) is 0 Å². The topological polar surface area (TPSA) is 69.0 Å². The molecule has 1 aliphatic carbocycles. The number of halogens is 4. The van der Waals surface area contributed by atoms with Crippen LogP contribution in [0.15, 0.2) is 42.7 Å². The van der Waals surface area contributed by atoms with E-state index in [1.54, 1.807) is 6.20 Å². The van der Waals surface area contributed by atoms with Crippen LogP contribution in [-0.2, 0) is 12.6 Å². The third-order valence-electron chi connectivity index (χ3n) is 4.84. The lowest BCUT2D eigenvalue weighted by atomic mass is 10.1. The van der Waals surface area contributed by atoms with E-state index in [1.807, 2.05) is 0 Å². The van der Waals surface area contributed by atoms with Crippen LogP contribution in [0.4, 0.5) is 17.6 Å². The Morgan fingerprint density at radius 3 is 2.80 bits per heavy atom. The number of hydrogen-bond donors (Lipinski definition) is 1. The van der Waals surface area contributed by atoms with Crippen molar-refractivity contribution in [3.05, 3.63) is 71.1 Å². The van der Waals surface area contributed by atoms with E-state index in [4.69, 9.17) is 4.74 Å². The fraction of sp³-hybridized carbons (Fsp3) is 0.250. The van der Waals surface area contributed by atoms with Crippen LogP contribution in [-0.4, -0.2) is 27.8 Å². The van der Waals surface area contributed by atoms with E-state index in [1.165, 1.54) is 30.0 Å². The van der Waals surface area contributed by atoms with Crippen LogP contribution in [0, 0.1) is 5.82 Å². The number of methoxy groups -OCH3 is 1. The van der Waals surface area contributed by atoms with Crippen molar-refractivity contribution in [3.63, 3.8) is 0 Å². The zero-order chi connectivity index (χ0) is 21.5. The van der Waals surface area contributed by atoms with Crippen LogP contribution < -0.4 is 10.1 Å². The largest absolute Gasteiger partial charge is 0.497 e. The number of ether oxygens (including phenoxy) is 1. The standard InChI is InChI=1S/C20H16F4N4O2/c1-30-14-7-11(6-12(21)8-14)19(29)26-16-2-3-17-15(16)10-28(27-17)13-4-5-25-18(9-13)20(22,23)24/h4-10,16H,2-3H2,1H3,(H,26,29). The SMILES string of the molecule is COc1cc(F)cc(C(=O)NC2CCc3nn(-c4ccnc(C(F)(F)F)c4)cc32)c1. The highest BCUT2D eigenvalue weighted by molar-refractivity contribution is 5.95. The predicted molar refractivity (Wildman–Crippen MR) is 97.8 cm³/mol. The highest BCUT2D eigenvalue weighted by atomic mass is 19.4. The summed E-state index contributed by atoms with van der Waals surface area (Å²) in [5.74, 6) is -0.863. The van der Waals surface area contributed by atoms with Gasteiger partial charge in [-0.25, -0.2) is 9.07 Å². The van der Waals surface area contributed by atoms with Gasteiger partial charge in [0.05, 0.1) is 24.5 Å². The predicted octanol–water partition coefficient (Wildman–Crippen LogP) is 3.85. The first-order valence-corrected chi connectivity index (χ1v) is 9.02. The van der Waals surface area contributed by atoms with E-state index in [-0.39, 0.29) is 23.0 Å². The average Bonchev–Trinajstić information content (AvgIpc) is 3.29. The van der Waals surface area contributed by atoms with Crippen LogP contribution in [0.25, 0.3) is 5.69 Å². The summed E-state index contributed by atoms with van der Waals surface area (Å²) in [6.45, 7) is 0. The fourth-order valence-corrected chi connectivity index (χ4v) is 3.40. The lowest BCUT2D eigenvalue weighted by molar-refractivity contribution is -0.141. The molecule has 30 heavy (non-hydrogen) atoms. The molecule has 0 saturated heterocycles. The molecule has 1 unspecified atom stereocenters. The number of nitrogens with one attached hydrogen (secondary N) is 1. The third-order valence-corrected chi connectivity index (χ3v) is 4.84. The summed E-state index contributed by atoms with van der Waals surface area (Å²) < 4.78 is 58.8. The quantitative estimate of drug-likeness (QED) is 0.651. The maximum atomic E-state index is 13.7. The van der Waals surface area contributed by atoms with Crippen LogP contribution in [0.5, 0.6) is 5.75 Å². The minimum Gasteiger partial charge on any atom is -0.497 e. The third kappa shape index (κ3) is 3.85. The van der Waals surface area contributed by atoms with Gasteiger partial charge in [0.1, 0.15) is 17.3 Å². The molecule has 2 heterocycles. The molecule has 0 fully saturated rings. The summed E-state index contributed by atoms with van der Waals surface area (Å²) in [4.78, 5) is 15.9. The number of fused-ring (bicyclic) bond motifs is 1. The first-order chi connectivity index (χ1) is 14.2. The normalized spacial score (nSPS) is 15.7. The highest BCUT2D eigenvalue weighted by Gasteiger charge is 2.33. The first kappa shape index (κ1) is 19.9. The smallest absolute Gasteiger partial charge is 0.433 e. The molecule has 10 heteroatoms. The number of aromatic nitrogens is 3. The average molecular weight is 420 g/mol. The number of carbonyl (C=O) groups is 1. The number of hydrogen-bond acceptors (Lipinski definition) is 4. The number of rotatable bonds is 4. The van der Waals surface area contributed by atoms with Gasteiger partial charge in [-0.3, -0.25) is 9.78 Å². The van der Waals surface area contributed by atoms with Gasteiger partial charge >= 0.3 is 6.18 Å². The first-order valence-electron chi connectivity index (χ1n) is 9.02. The summed E-state index contributed by atoms with van der Waals surface area (Å²) in [6.07, 6.45) is -0.761. The summed E-state index contributed by atoms with van der Waals surface area (Å²) in [7, 11) is 1.37. The molecule has 0 aliphatic heterocycles. The molecule has 1 aromatic carbocycles. The number of carbonyl (C=O) groups excluding carboxylic acids is 1. The zero-order valence-electron chi connectivity index (χ0n) is 15.7. The molecule has 156 valence electrons. The summed E-state index contributed by atoms with van der Waals surface area (Å²) in [6, 6.07) is 5.64. The number of alkyl halides is 3. The Hall–Kier alpha value is -3.43. The molecule has 2 aromatic heterocycles. The van der Waals surface area contributed by atoms with Gasteiger partial charge in [0, 0.05) is 29.6 Å². The van der Waals surface area contributed by atoms with Crippen LogP contribution in [0.3, 0.4) is 0 Å². The van der Waals surface area contributed by atoms with Gasteiger partial charge in [0.25, 0.3) is 5.91 Å². The lowest BCUT2D eigenvalue weighted by Crippen LogP contribution is -2.27. The van der Waals surface area contributed by atoms with E-state index in [0.29, 0.717) is 24.1 Å². The Balaban J connectivity index is 1.57. The molecule has 0 radical (unpaired) electrons. The van der Waals surface area contributed by atoms with Gasteiger partial charge in [-0.2, -0.15) is 18.3 Å². The molecule has 1 atom stereocenters. The second-order valence-electron chi connectivity index (χ2n) is 6.82. The van der Waals surface area contributed by atoms with Crippen LogP contribution in [0.2, 0.25) is 0 Å². The summed E-state index contributed by atoms with van der Waals surface area (Å²) in [5, 5.41) is 7.17. The lowest BCUT2D eigenvalue weighted by Gasteiger charge is -2.14. The van der Waals surface area contributed by atoms with Crippen molar-refractivity contribution in [2.24, 2.45) is 0 Å². The van der Waals surface area contributed by atoms with Gasteiger partial charge in [0.2, 0.25) is 0 Å². The molecular weight excluding hydrogens is 404 g/mol. The molecule has 3 aromatic rings. The van der Waals surface area contributed by atoms with Crippen LogP contribution >= 0.6 is 0 Å². The number of benzene rings is 1. The number of pyridine rings is 1. The Morgan fingerprint density at radius 1 is 1.27 bits per heavy atom. The molecule has 6 nitrogen and oxygen atoms in total. The molecule has 0 spiro atoms. The van der Waals surface area contributed by atoms with Crippen LogP contribution in [0.1, 0.15) is 39.8 Å². The molecule has 0 saturated carbocycles. The van der Waals surface area contributed by atoms with Crippen molar-refractivity contribution >= 4 is 5.91 Å². The molecule has 1 aliphatic rings. The highest BCUT2D eigenvalue weighted by Crippen LogP contribution is 2.33. The number of amides is 1. The van der Waals surface area contributed by atoms with Crippen molar-refractivity contribution in [3.8, 4) is 11.4 Å². The minimum absolute atomic E-state index is 0.108. The minimum atomic E-state index is -4.56. The van der Waals surface area contributed by atoms with Gasteiger partial charge in [0.15, 0.2) is 0 Å². The van der Waals surface area contributed by atoms with Crippen molar-refractivity contribution in [2.45, 2.75) is 25.1 Å². The van der Waals surface area contributed by atoms with E-state index in [0.717, 1.165) is 18.3 Å². The Bertz CT molecular complexity index is 1110. The van der Waals surface area contributed by atoms with Gasteiger partial charge in [-0.15, -0.1) is 0 Å². The second kappa shape index (κ2) is 7.43. The molecule has 1 amide bonds. The molecule has 4 rings (SSSR count). The maximum absolute atomic E-state index is 13.7. The Kier molecular flexibility index (Phi) is 4.92. The van der Waals surface area contributed by atoms with Gasteiger partial charge < -0.3 is 10.1 Å².